The summed E-state index contributed by atoms with van der Waals surface area (Å²) < 4.78 is 0. The molecular formula is C20H24N4O2. The number of likely N-dealkylation sites (N-methyl/N-ethyl adjacent to an activating group) is 1. The van der Waals surface area contributed by atoms with E-state index in [4.69, 9.17) is 0 Å². The maximum absolute atomic E-state index is 12.5. The molecular weight excluding hydrogens is 328 g/mol. The molecule has 2 N–H and O–H groups in total. The van der Waals surface area contributed by atoms with Crippen molar-refractivity contribution >= 4 is 23.9 Å². The smallest absolute Gasteiger partial charge is 0.321 e. The Hall–Kier alpha value is -2.70. The zero-order valence-corrected chi connectivity index (χ0v) is 15.0. The van der Waals surface area contributed by atoms with E-state index in [1.807, 2.05) is 73.6 Å². The Balaban J connectivity index is 1.64. The molecule has 1 fully saturated rings. The first-order valence-corrected chi connectivity index (χ1v) is 8.62. The summed E-state index contributed by atoms with van der Waals surface area (Å²) in [6.45, 7) is 0.854. The number of anilines is 1. The Bertz CT molecular complexity index is 776. The van der Waals surface area contributed by atoms with E-state index in [0.29, 0.717) is 13.1 Å². The Morgan fingerprint density at radius 2 is 2.08 bits per heavy atom. The summed E-state index contributed by atoms with van der Waals surface area (Å²) in [5.74, 6) is 0. The number of pyridine rings is 1. The second-order valence-electron chi connectivity index (χ2n) is 6.65. The molecule has 1 saturated heterocycles. The summed E-state index contributed by atoms with van der Waals surface area (Å²) in [6.07, 6.45) is 5.12. The molecule has 6 nitrogen and oxygen atoms in total. The Kier molecular flexibility index (Phi) is 5.65. The zero-order chi connectivity index (χ0) is 18.5. The van der Waals surface area contributed by atoms with Crippen LogP contribution in [0.15, 0.2) is 48.7 Å². The van der Waals surface area contributed by atoms with Gasteiger partial charge in [0.25, 0.3) is 0 Å². The summed E-state index contributed by atoms with van der Waals surface area (Å²) in [5.41, 5.74) is 2.57. The van der Waals surface area contributed by atoms with E-state index in [2.05, 4.69) is 10.3 Å². The first kappa shape index (κ1) is 18.1. The summed E-state index contributed by atoms with van der Waals surface area (Å²) in [7, 11) is 3.82. The second kappa shape index (κ2) is 8.12. The maximum atomic E-state index is 12.5. The third-order valence-electron chi connectivity index (χ3n) is 4.48. The number of amides is 2. The molecule has 0 aliphatic carbocycles. The molecule has 6 heteroatoms. The van der Waals surface area contributed by atoms with E-state index >= 15 is 0 Å². The number of nitrogens with zero attached hydrogens (tertiary/aromatic N) is 3. The fourth-order valence-electron chi connectivity index (χ4n) is 3.02. The van der Waals surface area contributed by atoms with Crippen LogP contribution in [0.4, 0.5) is 10.5 Å². The van der Waals surface area contributed by atoms with Gasteiger partial charge in [0.15, 0.2) is 0 Å². The molecule has 2 atom stereocenters. The van der Waals surface area contributed by atoms with Gasteiger partial charge in [-0.1, -0.05) is 24.3 Å². The Labute approximate surface area is 153 Å². The average molecular weight is 352 g/mol. The molecule has 2 amide bonds. The van der Waals surface area contributed by atoms with Gasteiger partial charge in [0.2, 0.25) is 0 Å². The summed E-state index contributed by atoms with van der Waals surface area (Å²) in [6, 6.07) is 13.2. The molecule has 1 aliphatic rings. The summed E-state index contributed by atoms with van der Waals surface area (Å²) >= 11 is 0. The van der Waals surface area contributed by atoms with Crippen LogP contribution < -0.4 is 5.32 Å². The van der Waals surface area contributed by atoms with Crippen molar-refractivity contribution in [3.63, 3.8) is 0 Å². The molecule has 0 spiro atoms. The Morgan fingerprint density at radius 1 is 1.23 bits per heavy atom. The first-order valence-electron chi connectivity index (χ1n) is 8.62. The van der Waals surface area contributed by atoms with E-state index in [9.17, 15) is 9.90 Å². The van der Waals surface area contributed by atoms with Crippen molar-refractivity contribution in [1.82, 2.24) is 14.8 Å². The van der Waals surface area contributed by atoms with Gasteiger partial charge in [0.1, 0.15) is 0 Å². The highest BCUT2D eigenvalue weighted by Gasteiger charge is 2.35. The topological polar surface area (TPSA) is 68.7 Å². The quantitative estimate of drug-likeness (QED) is 0.887. The number of carbonyl (C=O) groups excluding carboxylic acids is 1. The van der Waals surface area contributed by atoms with Gasteiger partial charge in [-0.05, 0) is 50.0 Å². The van der Waals surface area contributed by atoms with E-state index in [-0.39, 0.29) is 12.1 Å². The number of urea groups is 1. The normalized spacial score (nSPS) is 20.1. The van der Waals surface area contributed by atoms with Gasteiger partial charge in [0.05, 0.1) is 24.4 Å². The van der Waals surface area contributed by atoms with Crippen molar-refractivity contribution in [1.29, 1.82) is 0 Å². The molecule has 26 heavy (non-hydrogen) atoms. The number of hydrogen-bond donors (Lipinski definition) is 2. The predicted molar refractivity (Wildman–Crippen MR) is 104 cm³/mol. The third kappa shape index (κ3) is 4.47. The number of carbonyl (C=O) groups is 1. The van der Waals surface area contributed by atoms with Crippen LogP contribution in [0.2, 0.25) is 0 Å². The van der Waals surface area contributed by atoms with Gasteiger partial charge >= 0.3 is 6.03 Å². The van der Waals surface area contributed by atoms with Crippen molar-refractivity contribution in [2.24, 2.45) is 0 Å². The molecule has 2 heterocycles. The van der Waals surface area contributed by atoms with Crippen molar-refractivity contribution < 1.29 is 9.90 Å². The van der Waals surface area contributed by atoms with Crippen LogP contribution in [-0.2, 0) is 0 Å². The minimum atomic E-state index is -0.525. The second-order valence-corrected chi connectivity index (χ2v) is 6.65. The molecule has 1 aromatic heterocycles. The Morgan fingerprint density at radius 3 is 2.77 bits per heavy atom. The fraction of sp³-hybridized carbons (Fsp3) is 0.300. The molecule has 0 radical (unpaired) electrons. The van der Waals surface area contributed by atoms with Crippen LogP contribution in [0.25, 0.3) is 12.2 Å². The van der Waals surface area contributed by atoms with Crippen molar-refractivity contribution in [2.45, 2.75) is 12.1 Å². The van der Waals surface area contributed by atoms with Gasteiger partial charge in [0, 0.05) is 18.4 Å². The van der Waals surface area contributed by atoms with Crippen molar-refractivity contribution in [3.05, 3.63) is 59.9 Å². The van der Waals surface area contributed by atoms with Gasteiger partial charge in [-0.15, -0.1) is 0 Å². The lowest BCUT2D eigenvalue weighted by Crippen LogP contribution is -2.38. The minimum absolute atomic E-state index is 0.0339. The van der Waals surface area contributed by atoms with Crippen LogP contribution in [-0.4, -0.2) is 65.3 Å². The maximum Gasteiger partial charge on any atom is 0.321 e. The molecule has 2 aromatic rings. The predicted octanol–water partition coefficient (Wildman–Crippen LogP) is 2.39. The van der Waals surface area contributed by atoms with Crippen molar-refractivity contribution in [2.75, 3.05) is 32.5 Å². The van der Waals surface area contributed by atoms with E-state index < -0.39 is 6.10 Å². The van der Waals surface area contributed by atoms with E-state index in [0.717, 1.165) is 16.9 Å². The number of rotatable bonds is 4. The van der Waals surface area contributed by atoms with Gasteiger partial charge < -0.3 is 20.2 Å². The molecule has 1 aliphatic heterocycles. The van der Waals surface area contributed by atoms with E-state index in [1.165, 1.54) is 0 Å². The number of aliphatic hydroxyl groups is 1. The lowest BCUT2D eigenvalue weighted by molar-refractivity contribution is 0.113. The number of nitrogens with one attached hydrogen (secondary N) is 1. The van der Waals surface area contributed by atoms with Crippen LogP contribution in [0.5, 0.6) is 0 Å². The lowest BCUT2D eigenvalue weighted by atomic mass is 10.1. The number of aromatic nitrogens is 1. The van der Waals surface area contributed by atoms with Gasteiger partial charge in [-0.3, -0.25) is 4.98 Å². The van der Waals surface area contributed by atoms with Gasteiger partial charge in [-0.2, -0.15) is 0 Å². The number of aliphatic hydroxyl groups excluding tert-OH is 1. The van der Waals surface area contributed by atoms with Gasteiger partial charge in [-0.25, -0.2) is 4.79 Å². The fourth-order valence-corrected chi connectivity index (χ4v) is 3.02. The highest BCUT2D eigenvalue weighted by molar-refractivity contribution is 5.90. The SMILES string of the molecule is CN(C)[C@@H]1CN(C(=O)Nc2cccc(/C=C/c3ccccn3)c2)C[C@H]1O. The number of benzene rings is 1. The molecule has 0 saturated carbocycles. The van der Waals surface area contributed by atoms with Crippen LogP contribution in [0.3, 0.4) is 0 Å². The standard InChI is InChI=1S/C20H24N4O2/c1-23(2)18-13-24(14-19(18)25)20(26)22-17-8-5-6-15(12-17)9-10-16-7-3-4-11-21-16/h3-12,18-19,25H,13-14H2,1-2H3,(H,22,26)/b10-9+/t18-,19-/m1/s1. The number of likely N-dealkylation sites (tertiary alicyclic amines) is 1. The van der Waals surface area contributed by atoms with Crippen LogP contribution in [0, 0.1) is 0 Å². The monoisotopic (exact) mass is 352 g/mol. The molecule has 0 bridgehead atoms. The lowest BCUT2D eigenvalue weighted by Gasteiger charge is -2.21. The zero-order valence-electron chi connectivity index (χ0n) is 15.0. The largest absolute Gasteiger partial charge is 0.390 e. The van der Waals surface area contributed by atoms with Crippen LogP contribution >= 0.6 is 0 Å². The molecule has 0 unspecified atom stereocenters. The highest BCUT2D eigenvalue weighted by atomic mass is 16.3. The molecule has 136 valence electrons. The van der Waals surface area contributed by atoms with Crippen LogP contribution in [0.1, 0.15) is 11.3 Å². The molecule has 3 rings (SSSR count). The average Bonchev–Trinajstić information content (AvgIpc) is 3.03. The highest BCUT2D eigenvalue weighted by Crippen LogP contribution is 2.18. The third-order valence-corrected chi connectivity index (χ3v) is 4.48. The van der Waals surface area contributed by atoms with E-state index in [1.54, 1.807) is 11.1 Å². The van der Waals surface area contributed by atoms with Crippen molar-refractivity contribution in [3.8, 4) is 0 Å². The number of β-amino-alcohol motifs (C(OH)–C–C–N with tert-alkyl or cyclic N) is 1. The summed E-state index contributed by atoms with van der Waals surface area (Å²) in [4.78, 5) is 20.3. The number of hydrogen-bond acceptors (Lipinski definition) is 4. The first-order chi connectivity index (χ1) is 12.5. The summed E-state index contributed by atoms with van der Waals surface area (Å²) in [5, 5.41) is 13.0. The minimum Gasteiger partial charge on any atom is -0.390 e. The molecule has 1 aromatic carbocycles.